The zero-order chi connectivity index (χ0) is 12.4. The number of methoxy groups -OCH3 is 1. The van der Waals surface area contributed by atoms with Gasteiger partial charge < -0.3 is 14.6 Å². The van der Waals surface area contributed by atoms with Gasteiger partial charge in [-0.25, -0.2) is 4.79 Å². The maximum absolute atomic E-state index is 12.1. The Morgan fingerprint density at radius 3 is 2.76 bits per heavy atom. The summed E-state index contributed by atoms with van der Waals surface area (Å²) in [5.74, 6) is -1.37. The van der Waals surface area contributed by atoms with E-state index in [2.05, 4.69) is 0 Å². The number of phenols is 1. The molecule has 2 rings (SSSR count). The molecule has 0 saturated heterocycles. The maximum atomic E-state index is 12.1. The molecule has 5 nitrogen and oxygen atoms in total. The molecular weight excluding hydrogens is 224 g/mol. The number of aromatic hydroxyl groups is 1. The normalized spacial score (nSPS) is 14.8. The van der Waals surface area contributed by atoms with Crippen LogP contribution in [0.4, 0.5) is 0 Å². The van der Waals surface area contributed by atoms with E-state index in [9.17, 15) is 14.7 Å². The lowest BCUT2D eigenvalue weighted by molar-refractivity contribution is -0.138. The molecule has 0 saturated carbocycles. The van der Waals surface area contributed by atoms with Gasteiger partial charge in [0.1, 0.15) is 12.4 Å². The van der Waals surface area contributed by atoms with Crippen molar-refractivity contribution in [1.82, 2.24) is 0 Å². The fraction of sp³-hybridized carbons (Fsp3) is 0.167. The molecule has 0 bridgehead atoms. The van der Waals surface area contributed by atoms with Gasteiger partial charge in [-0.15, -0.1) is 0 Å². The van der Waals surface area contributed by atoms with Crippen molar-refractivity contribution in [3.63, 3.8) is 0 Å². The number of carbonyl (C=O) groups is 2. The van der Waals surface area contributed by atoms with Crippen LogP contribution in [0.1, 0.15) is 10.4 Å². The number of hydrogen-bond acceptors (Lipinski definition) is 5. The Balaban J connectivity index is 2.43. The Kier molecular flexibility index (Phi) is 2.82. The molecule has 1 aromatic carbocycles. The highest BCUT2D eigenvalue weighted by Crippen LogP contribution is 2.25. The molecule has 0 spiro atoms. The molecular formula is C12H10O5. The lowest BCUT2D eigenvalue weighted by Crippen LogP contribution is -2.07. The molecule has 0 atom stereocenters. The summed E-state index contributed by atoms with van der Waals surface area (Å²) in [4.78, 5) is 23.3. The van der Waals surface area contributed by atoms with Gasteiger partial charge in [-0.05, 0) is 12.1 Å². The zero-order valence-electron chi connectivity index (χ0n) is 9.10. The lowest BCUT2D eigenvalue weighted by atomic mass is 10.0. The van der Waals surface area contributed by atoms with E-state index in [1.807, 2.05) is 0 Å². The van der Waals surface area contributed by atoms with Gasteiger partial charge in [0.2, 0.25) is 5.76 Å². The number of Topliss-reactive ketones (excluding diaryl/α,β-unsaturated/α-hetero) is 1. The fourth-order valence-corrected chi connectivity index (χ4v) is 1.60. The first-order valence-electron chi connectivity index (χ1n) is 4.92. The van der Waals surface area contributed by atoms with Gasteiger partial charge >= 0.3 is 5.97 Å². The monoisotopic (exact) mass is 234 g/mol. The molecule has 0 aliphatic carbocycles. The molecule has 1 heterocycles. The summed E-state index contributed by atoms with van der Waals surface area (Å²) in [6.45, 7) is -0.130. The number of ketones is 1. The number of hydrogen-bond donors (Lipinski definition) is 1. The van der Waals surface area contributed by atoms with Crippen molar-refractivity contribution < 1.29 is 24.2 Å². The molecule has 1 N–H and O–H groups in total. The Bertz CT molecular complexity index is 515. The average molecular weight is 234 g/mol. The molecule has 0 radical (unpaired) electrons. The molecule has 1 aliphatic rings. The molecule has 0 aromatic heterocycles. The van der Waals surface area contributed by atoms with Crippen LogP contribution in [0.15, 0.2) is 35.6 Å². The number of carbonyl (C=O) groups excluding carboxylic acids is 2. The van der Waals surface area contributed by atoms with E-state index in [0.29, 0.717) is 0 Å². The van der Waals surface area contributed by atoms with E-state index < -0.39 is 11.8 Å². The molecule has 1 aromatic rings. The maximum Gasteiger partial charge on any atom is 0.374 e. The second-order valence-electron chi connectivity index (χ2n) is 3.43. The highest BCUT2D eigenvalue weighted by Gasteiger charge is 2.31. The molecule has 0 unspecified atom stereocenters. The number of rotatable bonds is 3. The number of phenolic OH excluding ortho intramolecular Hbond substituents is 1. The largest absolute Gasteiger partial charge is 0.507 e. The SMILES string of the molecule is COC1=C(C(=O)c2ccccc2O)COC1=O. The van der Waals surface area contributed by atoms with Gasteiger partial charge in [-0.2, -0.15) is 0 Å². The number of benzene rings is 1. The van der Waals surface area contributed by atoms with E-state index in [1.54, 1.807) is 12.1 Å². The summed E-state index contributed by atoms with van der Waals surface area (Å²) in [5, 5.41) is 9.56. The van der Waals surface area contributed by atoms with Crippen LogP contribution in [0.2, 0.25) is 0 Å². The smallest absolute Gasteiger partial charge is 0.374 e. The predicted molar refractivity (Wildman–Crippen MR) is 57.4 cm³/mol. The van der Waals surface area contributed by atoms with Crippen LogP contribution >= 0.6 is 0 Å². The quantitative estimate of drug-likeness (QED) is 0.624. The lowest BCUT2D eigenvalue weighted by Gasteiger charge is -2.03. The summed E-state index contributed by atoms with van der Waals surface area (Å²) in [7, 11) is 1.29. The van der Waals surface area contributed by atoms with E-state index in [4.69, 9.17) is 9.47 Å². The van der Waals surface area contributed by atoms with Gasteiger partial charge in [0, 0.05) is 0 Å². The molecule has 0 amide bonds. The number of cyclic esters (lactones) is 1. The fourth-order valence-electron chi connectivity index (χ4n) is 1.60. The predicted octanol–water partition coefficient (Wildman–Crippen LogP) is 1.03. The first kappa shape index (κ1) is 11.2. The summed E-state index contributed by atoms with van der Waals surface area (Å²) in [6.07, 6.45) is 0. The minimum Gasteiger partial charge on any atom is -0.507 e. The minimum atomic E-state index is -0.661. The Hall–Kier alpha value is -2.30. The van der Waals surface area contributed by atoms with Gasteiger partial charge in [-0.3, -0.25) is 4.79 Å². The number of esters is 1. The van der Waals surface area contributed by atoms with Crippen LogP contribution < -0.4 is 0 Å². The van der Waals surface area contributed by atoms with Crippen molar-refractivity contribution in [2.45, 2.75) is 0 Å². The molecule has 0 fully saturated rings. The van der Waals surface area contributed by atoms with Crippen molar-refractivity contribution in [3.05, 3.63) is 41.2 Å². The van der Waals surface area contributed by atoms with Gasteiger partial charge in [-0.1, -0.05) is 12.1 Å². The topological polar surface area (TPSA) is 72.8 Å². The first-order valence-corrected chi connectivity index (χ1v) is 4.92. The van der Waals surface area contributed by atoms with Crippen LogP contribution in [-0.2, 0) is 14.3 Å². The molecule has 5 heteroatoms. The third-order valence-corrected chi connectivity index (χ3v) is 2.43. The van der Waals surface area contributed by atoms with Crippen LogP contribution in [0, 0.1) is 0 Å². The van der Waals surface area contributed by atoms with Crippen LogP contribution in [-0.4, -0.2) is 30.6 Å². The van der Waals surface area contributed by atoms with E-state index >= 15 is 0 Å². The molecule has 1 aliphatic heterocycles. The Labute approximate surface area is 97.3 Å². The third kappa shape index (κ3) is 1.87. The Morgan fingerprint density at radius 1 is 1.41 bits per heavy atom. The van der Waals surface area contributed by atoms with Crippen molar-refractivity contribution in [2.24, 2.45) is 0 Å². The van der Waals surface area contributed by atoms with Crippen molar-refractivity contribution in [1.29, 1.82) is 0 Å². The molecule has 88 valence electrons. The summed E-state index contributed by atoms with van der Waals surface area (Å²) >= 11 is 0. The van der Waals surface area contributed by atoms with Gasteiger partial charge in [0.25, 0.3) is 0 Å². The first-order chi connectivity index (χ1) is 8.15. The van der Waals surface area contributed by atoms with Gasteiger partial charge in [0.15, 0.2) is 5.78 Å². The summed E-state index contributed by atoms with van der Waals surface area (Å²) in [5.41, 5.74) is 0.245. The van der Waals surface area contributed by atoms with E-state index in [0.717, 1.165) is 0 Å². The highest BCUT2D eigenvalue weighted by molar-refractivity contribution is 6.15. The van der Waals surface area contributed by atoms with Gasteiger partial charge in [0.05, 0.1) is 18.2 Å². The van der Waals surface area contributed by atoms with Crippen molar-refractivity contribution in [3.8, 4) is 5.75 Å². The number of ether oxygens (including phenoxy) is 2. The van der Waals surface area contributed by atoms with E-state index in [-0.39, 0.29) is 29.3 Å². The average Bonchev–Trinajstić information content (AvgIpc) is 2.70. The summed E-state index contributed by atoms with van der Waals surface area (Å²) in [6, 6.07) is 6.10. The van der Waals surface area contributed by atoms with Crippen molar-refractivity contribution in [2.75, 3.05) is 13.7 Å². The number of para-hydroxylation sites is 1. The van der Waals surface area contributed by atoms with E-state index in [1.165, 1.54) is 19.2 Å². The second kappa shape index (κ2) is 4.29. The van der Waals surface area contributed by atoms with Crippen LogP contribution in [0.5, 0.6) is 5.75 Å². The van der Waals surface area contributed by atoms with Crippen molar-refractivity contribution >= 4 is 11.8 Å². The summed E-state index contributed by atoms with van der Waals surface area (Å²) < 4.78 is 9.53. The third-order valence-electron chi connectivity index (χ3n) is 2.43. The minimum absolute atomic E-state index is 0.0988. The van der Waals surface area contributed by atoms with Crippen LogP contribution in [0.25, 0.3) is 0 Å². The van der Waals surface area contributed by atoms with Crippen LogP contribution in [0.3, 0.4) is 0 Å². The standard InChI is InChI=1S/C12H10O5/c1-16-11-8(6-17-12(11)15)10(14)7-4-2-3-5-9(7)13/h2-5,13H,6H2,1H3. The highest BCUT2D eigenvalue weighted by atomic mass is 16.6. The zero-order valence-corrected chi connectivity index (χ0v) is 9.10. The Morgan fingerprint density at radius 2 is 2.12 bits per heavy atom. The second-order valence-corrected chi connectivity index (χ2v) is 3.43. The molecule has 17 heavy (non-hydrogen) atoms.